The first-order valence-corrected chi connectivity index (χ1v) is 8.56. The fourth-order valence-electron chi connectivity index (χ4n) is 3.18. The van der Waals surface area contributed by atoms with Crippen LogP contribution in [-0.4, -0.2) is 44.5 Å². The summed E-state index contributed by atoms with van der Waals surface area (Å²) < 4.78 is 28.0. The van der Waals surface area contributed by atoms with Gasteiger partial charge in [0.1, 0.15) is 11.6 Å². The molecule has 1 aromatic rings. The molecule has 1 fully saturated rings. The summed E-state index contributed by atoms with van der Waals surface area (Å²) in [6.07, 6.45) is 3.54. The Morgan fingerprint density at radius 2 is 1.81 bits per heavy atom. The number of halogens is 4. The van der Waals surface area contributed by atoms with E-state index in [1.165, 1.54) is 18.2 Å². The molecule has 0 aromatic heterocycles. The lowest BCUT2D eigenvalue weighted by molar-refractivity contribution is -0.121. The van der Waals surface area contributed by atoms with Gasteiger partial charge in [-0.1, -0.05) is 6.07 Å². The number of hydrogen-bond acceptors (Lipinski definition) is 3. The molecule has 1 heterocycles. The molecular formula is C18H29Cl2F2N3O. The fraction of sp³-hybridized carbons (Fsp3) is 0.611. The van der Waals surface area contributed by atoms with Crippen molar-refractivity contribution >= 4 is 30.7 Å². The van der Waals surface area contributed by atoms with Crippen LogP contribution in [0, 0.1) is 17.6 Å². The van der Waals surface area contributed by atoms with E-state index in [-0.39, 0.29) is 42.8 Å². The Kier molecular flexibility index (Phi) is 12.0. The Bertz CT molecular complexity index is 535. The molecule has 0 saturated carbocycles. The summed E-state index contributed by atoms with van der Waals surface area (Å²) in [7, 11) is 3.50. The van der Waals surface area contributed by atoms with Gasteiger partial charge < -0.3 is 15.5 Å². The highest BCUT2D eigenvalue weighted by atomic mass is 35.5. The van der Waals surface area contributed by atoms with Crippen molar-refractivity contribution in [1.82, 2.24) is 15.5 Å². The van der Waals surface area contributed by atoms with Crippen LogP contribution in [-0.2, 0) is 4.79 Å². The van der Waals surface area contributed by atoms with E-state index in [1.807, 2.05) is 0 Å². The topological polar surface area (TPSA) is 44.4 Å². The van der Waals surface area contributed by atoms with Crippen molar-refractivity contribution in [2.75, 3.05) is 33.7 Å². The van der Waals surface area contributed by atoms with E-state index in [4.69, 9.17) is 0 Å². The second-order valence-electron chi connectivity index (χ2n) is 6.65. The monoisotopic (exact) mass is 411 g/mol. The van der Waals surface area contributed by atoms with Gasteiger partial charge in [0.05, 0.1) is 6.04 Å². The van der Waals surface area contributed by atoms with Gasteiger partial charge in [-0.05, 0) is 64.5 Å². The maximum atomic E-state index is 14.0. The predicted octanol–water partition coefficient (Wildman–Crippen LogP) is 3.31. The number of piperidine rings is 1. The van der Waals surface area contributed by atoms with Crippen LogP contribution in [0.5, 0.6) is 0 Å². The Morgan fingerprint density at radius 1 is 1.23 bits per heavy atom. The van der Waals surface area contributed by atoms with E-state index >= 15 is 0 Å². The summed E-state index contributed by atoms with van der Waals surface area (Å²) in [5.74, 6) is -0.641. The SMILES string of the molecule is CN(C)C(CNC(=O)CCC1CCNCC1)c1c(F)cccc1F.Cl.Cl. The number of rotatable bonds is 7. The van der Waals surface area contributed by atoms with Crippen LogP contribution in [0.1, 0.15) is 37.3 Å². The summed E-state index contributed by atoms with van der Waals surface area (Å²) in [6.45, 7) is 2.22. The molecule has 1 atom stereocenters. The lowest BCUT2D eigenvalue weighted by Gasteiger charge is -2.26. The number of nitrogens with zero attached hydrogens (tertiary/aromatic N) is 1. The molecule has 4 nitrogen and oxygen atoms in total. The largest absolute Gasteiger partial charge is 0.354 e. The van der Waals surface area contributed by atoms with Crippen molar-refractivity contribution in [3.8, 4) is 0 Å². The molecule has 150 valence electrons. The minimum atomic E-state index is -0.586. The quantitative estimate of drug-likeness (QED) is 0.723. The van der Waals surface area contributed by atoms with E-state index in [0.29, 0.717) is 12.3 Å². The number of nitrogens with one attached hydrogen (secondary N) is 2. The lowest BCUT2D eigenvalue weighted by Crippen LogP contribution is -2.36. The number of benzene rings is 1. The van der Waals surface area contributed by atoms with Crippen molar-refractivity contribution < 1.29 is 13.6 Å². The van der Waals surface area contributed by atoms with Gasteiger partial charge in [0.2, 0.25) is 5.91 Å². The van der Waals surface area contributed by atoms with Crippen LogP contribution in [0.25, 0.3) is 0 Å². The number of carbonyl (C=O) groups is 1. The molecule has 1 unspecified atom stereocenters. The van der Waals surface area contributed by atoms with Gasteiger partial charge >= 0.3 is 0 Å². The smallest absolute Gasteiger partial charge is 0.220 e. The minimum absolute atomic E-state index is 0. The first-order chi connectivity index (χ1) is 11.5. The molecule has 0 radical (unpaired) electrons. The normalized spacial score (nSPS) is 15.7. The first-order valence-electron chi connectivity index (χ1n) is 8.56. The number of likely N-dealkylation sites (N-methyl/N-ethyl adjacent to an activating group) is 1. The number of carbonyl (C=O) groups excluding carboxylic acids is 1. The molecule has 0 bridgehead atoms. The molecule has 8 heteroatoms. The van der Waals surface area contributed by atoms with Crippen molar-refractivity contribution in [2.24, 2.45) is 5.92 Å². The fourth-order valence-corrected chi connectivity index (χ4v) is 3.18. The molecule has 2 rings (SSSR count). The molecular weight excluding hydrogens is 383 g/mol. The summed E-state index contributed by atoms with van der Waals surface area (Å²) in [5.41, 5.74) is 0.00107. The highest BCUT2D eigenvalue weighted by Crippen LogP contribution is 2.24. The Hall–Kier alpha value is -0.950. The van der Waals surface area contributed by atoms with Crippen molar-refractivity contribution in [1.29, 1.82) is 0 Å². The predicted molar refractivity (Wildman–Crippen MR) is 105 cm³/mol. The molecule has 2 N–H and O–H groups in total. The van der Waals surface area contributed by atoms with Crippen molar-refractivity contribution in [3.05, 3.63) is 35.4 Å². The maximum Gasteiger partial charge on any atom is 0.220 e. The van der Waals surface area contributed by atoms with Gasteiger partial charge in [-0.25, -0.2) is 8.78 Å². The van der Waals surface area contributed by atoms with Crippen LogP contribution in [0.2, 0.25) is 0 Å². The van der Waals surface area contributed by atoms with Crippen LogP contribution >= 0.6 is 24.8 Å². The summed E-state index contributed by atoms with van der Waals surface area (Å²) in [5, 5.41) is 6.13. The second-order valence-corrected chi connectivity index (χ2v) is 6.65. The standard InChI is InChI=1S/C18H27F2N3O.2ClH/c1-23(2)16(18-14(19)4-3-5-15(18)20)12-22-17(24)7-6-13-8-10-21-11-9-13;;/h3-5,13,16,21H,6-12H2,1-2H3,(H,22,24);2*1H. The Morgan fingerprint density at radius 3 is 2.35 bits per heavy atom. The highest BCUT2D eigenvalue weighted by molar-refractivity contribution is 5.85. The molecule has 26 heavy (non-hydrogen) atoms. The van der Waals surface area contributed by atoms with E-state index < -0.39 is 17.7 Å². The summed E-state index contributed by atoms with van der Waals surface area (Å²) >= 11 is 0. The second kappa shape index (κ2) is 12.4. The summed E-state index contributed by atoms with van der Waals surface area (Å²) in [6, 6.07) is 3.30. The number of hydrogen-bond donors (Lipinski definition) is 2. The van der Waals surface area contributed by atoms with Gasteiger partial charge in [0, 0.05) is 18.5 Å². The van der Waals surface area contributed by atoms with E-state index in [0.717, 1.165) is 32.4 Å². The molecule has 0 spiro atoms. The third-order valence-corrected chi connectivity index (χ3v) is 4.69. The molecule has 1 amide bonds. The van der Waals surface area contributed by atoms with Gasteiger partial charge in [-0.3, -0.25) is 4.79 Å². The zero-order valence-corrected chi connectivity index (χ0v) is 16.9. The van der Waals surface area contributed by atoms with Crippen molar-refractivity contribution in [2.45, 2.75) is 31.7 Å². The third-order valence-electron chi connectivity index (χ3n) is 4.69. The maximum absolute atomic E-state index is 14.0. The molecule has 1 aromatic carbocycles. The Labute approximate surface area is 166 Å². The van der Waals surface area contributed by atoms with E-state index in [9.17, 15) is 13.6 Å². The van der Waals surface area contributed by atoms with Crippen LogP contribution in [0.3, 0.4) is 0 Å². The van der Waals surface area contributed by atoms with Crippen LogP contribution in [0.4, 0.5) is 8.78 Å². The highest BCUT2D eigenvalue weighted by Gasteiger charge is 2.23. The van der Waals surface area contributed by atoms with Gasteiger partial charge in [-0.15, -0.1) is 24.8 Å². The van der Waals surface area contributed by atoms with E-state index in [2.05, 4.69) is 10.6 Å². The zero-order chi connectivity index (χ0) is 17.5. The summed E-state index contributed by atoms with van der Waals surface area (Å²) in [4.78, 5) is 13.8. The molecule has 0 aliphatic carbocycles. The first kappa shape index (κ1) is 25.1. The lowest BCUT2D eigenvalue weighted by atomic mass is 9.93. The molecule has 1 aliphatic heterocycles. The van der Waals surface area contributed by atoms with Gasteiger partial charge in [0.15, 0.2) is 0 Å². The van der Waals surface area contributed by atoms with Gasteiger partial charge in [-0.2, -0.15) is 0 Å². The van der Waals surface area contributed by atoms with Gasteiger partial charge in [0.25, 0.3) is 0 Å². The molecule has 1 aliphatic rings. The Balaban J connectivity index is 0.00000312. The zero-order valence-electron chi connectivity index (χ0n) is 15.3. The average Bonchev–Trinajstić information content (AvgIpc) is 2.56. The molecule has 1 saturated heterocycles. The van der Waals surface area contributed by atoms with Crippen molar-refractivity contribution in [3.63, 3.8) is 0 Å². The minimum Gasteiger partial charge on any atom is -0.354 e. The van der Waals surface area contributed by atoms with Crippen LogP contribution in [0.15, 0.2) is 18.2 Å². The average molecular weight is 412 g/mol. The number of amides is 1. The third kappa shape index (κ3) is 7.35. The van der Waals surface area contributed by atoms with E-state index in [1.54, 1.807) is 19.0 Å². The van der Waals surface area contributed by atoms with Crippen LogP contribution < -0.4 is 10.6 Å².